The minimum absolute atomic E-state index is 0.0757. The number of carbonyl (C=O) groups excluding carboxylic acids is 7. The van der Waals surface area contributed by atoms with Crippen molar-refractivity contribution in [3.05, 3.63) is 130 Å². The molecule has 0 amide bonds. The molecule has 0 aliphatic carbocycles. The number of methoxy groups -OCH3 is 15. The van der Waals surface area contributed by atoms with Crippen molar-refractivity contribution in [1.82, 2.24) is 0 Å². The molecular formula is C91H124O35. The molecule has 0 saturated carbocycles. The number of aromatic hydroxyl groups is 7. The topological polar surface area (TPSA) is 455 Å². The summed E-state index contributed by atoms with van der Waals surface area (Å²) in [5.41, 5.74) is 2.36. The van der Waals surface area contributed by atoms with Crippen LogP contribution in [-0.4, -0.2) is 224 Å². The van der Waals surface area contributed by atoms with E-state index in [9.17, 15) is 69.3 Å². The average molecular weight is 1780 g/mol. The van der Waals surface area contributed by atoms with Crippen LogP contribution in [0.5, 0.6) is 121 Å². The number of esters is 7. The van der Waals surface area contributed by atoms with Crippen molar-refractivity contribution in [2.45, 2.75) is 125 Å². The van der Waals surface area contributed by atoms with Gasteiger partial charge < -0.3 is 135 Å². The summed E-state index contributed by atoms with van der Waals surface area (Å²) in [5, 5.41) is 67.8. The summed E-state index contributed by atoms with van der Waals surface area (Å²) in [6, 6.07) is 20.2. The Kier molecular flexibility index (Phi) is 54.7. The molecule has 7 rings (SSSR count). The molecule has 7 N–H and O–H groups in total. The highest BCUT2D eigenvalue weighted by molar-refractivity contribution is 5.94. The maximum Gasteiger partial charge on any atom is 0.338 e. The SMILES string of the molecule is CCCCCCCCOC(=O)c1cc(OC)c(O)c(OC)c1.CCCCCCOC(=O)c1cc(OC)c(O)c(OC)c1.CCCCOC(=O)c1cc(OC)c(O)c(OC)c1.CCCOC(=O)c1cc(OC)c(O)c(OC)c1.CCOC(=O)C=Cc1cc(OC)c(O)c(OC)c1.CCOC(=O)c1cc(OC)c(O)c(OC)c1.COC(=O)c1cc(OC)c(O)c(OC)c1. The van der Waals surface area contributed by atoms with Crippen molar-refractivity contribution in [1.29, 1.82) is 0 Å². The maximum atomic E-state index is 12.0. The van der Waals surface area contributed by atoms with Gasteiger partial charge in [0.05, 0.1) is 180 Å². The van der Waals surface area contributed by atoms with Gasteiger partial charge >= 0.3 is 41.8 Å². The molecule has 35 nitrogen and oxygen atoms in total. The summed E-state index contributed by atoms with van der Waals surface area (Å²) < 4.78 is 104. The first kappa shape index (κ1) is 110. The van der Waals surface area contributed by atoms with Crippen molar-refractivity contribution in [2.75, 3.05) is 146 Å². The summed E-state index contributed by atoms with van der Waals surface area (Å²) >= 11 is 0. The van der Waals surface area contributed by atoms with Gasteiger partial charge in [-0.15, -0.1) is 0 Å². The fourth-order valence-corrected chi connectivity index (χ4v) is 10.3. The minimum atomic E-state index is -0.522. The quantitative estimate of drug-likeness (QED) is 0.00810. The molecule has 0 aromatic heterocycles. The molecule has 126 heavy (non-hydrogen) atoms. The number of ether oxygens (including phenoxy) is 21. The molecule has 0 saturated heterocycles. The molecule has 0 fully saturated rings. The Morgan fingerprint density at radius 3 is 0.651 bits per heavy atom. The van der Waals surface area contributed by atoms with Crippen LogP contribution in [0.3, 0.4) is 0 Å². The number of hydrogen-bond acceptors (Lipinski definition) is 35. The number of unbranched alkanes of at least 4 members (excludes halogenated alkanes) is 9. The highest BCUT2D eigenvalue weighted by Gasteiger charge is 2.23. The smallest absolute Gasteiger partial charge is 0.338 e. The molecule has 0 radical (unpaired) electrons. The second-order valence-electron chi connectivity index (χ2n) is 25.7. The van der Waals surface area contributed by atoms with E-state index in [-0.39, 0.29) is 150 Å². The van der Waals surface area contributed by atoms with Gasteiger partial charge in [0.2, 0.25) is 40.2 Å². The molecule has 0 aliphatic rings. The van der Waals surface area contributed by atoms with Crippen LogP contribution in [0.2, 0.25) is 0 Å². The number of rotatable bonds is 41. The van der Waals surface area contributed by atoms with Gasteiger partial charge in [0.15, 0.2) is 80.5 Å². The second-order valence-corrected chi connectivity index (χ2v) is 25.7. The van der Waals surface area contributed by atoms with E-state index in [0.29, 0.717) is 49.7 Å². The highest BCUT2D eigenvalue weighted by Crippen LogP contribution is 2.43. The summed E-state index contributed by atoms with van der Waals surface area (Å²) in [7, 11) is 21.0. The Morgan fingerprint density at radius 1 is 0.230 bits per heavy atom. The van der Waals surface area contributed by atoms with E-state index in [4.69, 9.17) is 94.7 Å². The monoisotopic (exact) mass is 1780 g/mol. The van der Waals surface area contributed by atoms with E-state index < -0.39 is 41.8 Å². The number of benzene rings is 7. The van der Waals surface area contributed by atoms with Crippen molar-refractivity contribution in [3.8, 4) is 121 Å². The van der Waals surface area contributed by atoms with E-state index in [0.717, 1.165) is 57.8 Å². The summed E-state index contributed by atoms with van der Waals surface area (Å²) in [6.45, 7) is 13.8. The van der Waals surface area contributed by atoms with E-state index in [1.165, 1.54) is 211 Å². The van der Waals surface area contributed by atoms with Gasteiger partial charge in [-0.1, -0.05) is 85.5 Å². The average Bonchev–Trinajstić information content (AvgIpc) is 0.969. The first-order chi connectivity index (χ1) is 60.4. The van der Waals surface area contributed by atoms with Gasteiger partial charge in [0.25, 0.3) is 0 Å². The van der Waals surface area contributed by atoms with Gasteiger partial charge in [-0.25, -0.2) is 33.6 Å². The van der Waals surface area contributed by atoms with E-state index >= 15 is 0 Å². The molecule has 7 aromatic rings. The van der Waals surface area contributed by atoms with Crippen LogP contribution >= 0.6 is 0 Å². The molecule has 0 bridgehead atoms. The molecule has 0 aliphatic heterocycles. The fourth-order valence-electron chi connectivity index (χ4n) is 10.3. The predicted molar refractivity (Wildman–Crippen MR) is 465 cm³/mol. The summed E-state index contributed by atoms with van der Waals surface area (Å²) in [4.78, 5) is 81.2. The van der Waals surface area contributed by atoms with Crippen molar-refractivity contribution >= 4 is 47.9 Å². The normalized spacial score (nSPS) is 10.0. The Hall–Kier alpha value is -13.6. The van der Waals surface area contributed by atoms with Crippen LogP contribution in [0.4, 0.5) is 0 Å². The largest absolute Gasteiger partial charge is 0.502 e. The Bertz CT molecular complexity index is 4340. The Balaban J connectivity index is 0.000000737. The lowest BCUT2D eigenvalue weighted by Crippen LogP contribution is -2.07. The van der Waals surface area contributed by atoms with Crippen LogP contribution in [0.15, 0.2) is 91.0 Å². The molecule has 0 heterocycles. The second kappa shape index (κ2) is 62.5. The highest BCUT2D eigenvalue weighted by atomic mass is 16.6. The van der Waals surface area contributed by atoms with Gasteiger partial charge in [-0.3, -0.25) is 0 Å². The molecule has 0 spiro atoms. The van der Waals surface area contributed by atoms with Crippen LogP contribution in [0.25, 0.3) is 6.08 Å². The van der Waals surface area contributed by atoms with Crippen LogP contribution in [-0.2, 0) is 38.0 Å². The van der Waals surface area contributed by atoms with Gasteiger partial charge in [0, 0.05) is 6.08 Å². The predicted octanol–water partition coefficient (Wildman–Crippen LogP) is 16.2. The number of phenolic OH excluding ortho intramolecular Hbond substituents is 7. The standard InChI is InChI=1S/C17H26O5.C15H22O5.C13H16O5.C13H18O5.C12H16O5.C11H14O5.C10H12O5/c1-4-5-6-7-8-9-10-22-17(19)13-11-14(20-2)16(18)15(12-13)21-3;1-4-5-6-7-8-20-15(17)11-9-12(18-2)14(16)13(10-11)19-3;1-4-18-12(14)6-5-9-7-10(16-2)13(15)11(8-9)17-3;1-4-5-6-18-13(15)9-7-10(16-2)12(14)11(8-9)17-3;1-4-5-17-12(14)8-6-9(15-2)11(13)10(7-8)16-3;1-4-16-11(13)7-5-8(14-2)10(12)9(6-7)15-3;1-13-7-4-6(10(12)15-3)5-8(14-2)9(7)11/h11-12,18H,4-10H2,1-3H3;9-10,16H,4-8H2,1-3H3;5-8,15H,4H2,1-3H3;7-8,14H,4-6H2,1-3H3;6-7,13H,4-5H2,1-3H3;5-6,12H,4H2,1-3H3;4-5,11H,1-3H3. The third kappa shape index (κ3) is 37.2. The summed E-state index contributed by atoms with van der Waals surface area (Å²) in [5.74, 6) is -1.49. The summed E-state index contributed by atoms with van der Waals surface area (Å²) in [6.07, 6.45) is 16.4. The number of carbonyl (C=O) groups is 7. The number of phenols is 7. The van der Waals surface area contributed by atoms with E-state index in [2.05, 4.69) is 18.6 Å². The van der Waals surface area contributed by atoms with Crippen LogP contribution < -0.4 is 66.3 Å². The first-order valence-electron chi connectivity index (χ1n) is 39.9. The van der Waals surface area contributed by atoms with Crippen molar-refractivity contribution < 1.29 is 169 Å². The van der Waals surface area contributed by atoms with Gasteiger partial charge in [0.1, 0.15) is 0 Å². The van der Waals surface area contributed by atoms with Crippen LogP contribution in [0, 0.1) is 0 Å². The molecule has 35 heteroatoms. The maximum absolute atomic E-state index is 12.0. The zero-order valence-electron chi connectivity index (χ0n) is 75.7. The zero-order chi connectivity index (χ0) is 94.8. The van der Waals surface area contributed by atoms with Gasteiger partial charge in [-0.05, 0) is 136 Å². The Labute approximate surface area is 735 Å². The van der Waals surface area contributed by atoms with E-state index in [1.807, 2.05) is 13.8 Å². The molecule has 698 valence electrons. The third-order valence-corrected chi connectivity index (χ3v) is 17.1. The first-order valence-corrected chi connectivity index (χ1v) is 39.9. The lowest BCUT2D eigenvalue weighted by molar-refractivity contribution is -0.137. The minimum Gasteiger partial charge on any atom is -0.502 e. The molecule has 0 atom stereocenters. The van der Waals surface area contributed by atoms with E-state index in [1.54, 1.807) is 32.1 Å². The van der Waals surface area contributed by atoms with Crippen LogP contribution in [0.1, 0.15) is 193 Å². The van der Waals surface area contributed by atoms with Crippen molar-refractivity contribution in [2.24, 2.45) is 0 Å². The third-order valence-electron chi connectivity index (χ3n) is 17.1. The lowest BCUT2D eigenvalue weighted by atomic mass is 10.1. The molecule has 7 aromatic carbocycles. The zero-order valence-corrected chi connectivity index (χ0v) is 75.7. The molecule has 0 unspecified atom stereocenters. The molecular weight excluding hydrogens is 1650 g/mol. The van der Waals surface area contributed by atoms with Crippen molar-refractivity contribution in [3.63, 3.8) is 0 Å². The number of hydrogen-bond donors (Lipinski definition) is 7. The Morgan fingerprint density at radius 2 is 0.429 bits per heavy atom. The fraction of sp³-hybridized carbons (Fsp3) is 0.440. The van der Waals surface area contributed by atoms with Gasteiger partial charge in [-0.2, -0.15) is 0 Å². The lowest BCUT2D eigenvalue weighted by Gasteiger charge is -2.11.